The van der Waals surface area contributed by atoms with Crippen molar-refractivity contribution >= 4 is 27.5 Å². The number of ether oxygens (including phenoxy) is 2. The van der Waals surface area contributed by atoms with E-state index in [0.29, 0.717) is 21.1 Å². The lowest BCUT2D eigenvalue weighted by molar-refractivity contribution is 0.341. The van der Waals surface area contributed by atoms with Crippen LogP contribution in [0.5, 0.6) is 11.6 Å². The van der Waals surface area contributed by atoms with Gasteiger partial charge in [0, 0.05) is 0 Å². The maximum Gasteiger partial charge on any atom is 0.258 e. The third kappa shape index (κ3) is 1.64. The van der Waals surface area contributed by atoms with Crippen LogP contribution in [0.1, 0.15) is 0 Å². The van der Waals surface area contributed by atoms with Crippen molar-refractivity contribution in [3.63, 3.8) is 0 Å². The lowest BCUT2D eigenvalue weighted by Crippen LogP contribution is -1.94. The number of hydrogen-bond donors (Lipinski definition) is 0. The highest BCUT2D eigenvalue weighted by Gasteiger charge is 2.12. The molecule has 1 aromatic heterocycles. The average Bonchev–Trinajstić information content (AvgIpc) is 2.09. The van der Waals surface area contributed by atoms with Gasteiger partial charge in [0.05, 0.1) is 23.7 Å². The summed E-state index contributed by atoms with van der Waals surface area (Å²) in [4.78, 5) is 3.79. The fourth-order valence-corrected chi connectivity index (χ4v) is 1.26. The summed E-state index contributed by atoms with van der Waals surface area (Å²) < 4.78 is 10.5. The zero-order valence-corrected chi connectivity index (χ0v) is 8.86. The first kappa shape index (κ1) is 9.61. The van der Waals surface area contributed by atoms with Crippen molar-refractivity contribution < 1.29 is 9.47 Å². The molecule has 1 heterocycles. The normalized spacial score (nSPS) is 9.67. The molecule has 0 spiro atoms. The predicted octanol–water partition coefficient (Wildman–Crippen LogP) is 2.31. The molecule has 0 N–H and O–H groups in total. The monoisotopic (exact) mass is 250 g/mol. The Labute approximate surface area is 83.8 Å². The highest BCUT2D eigenvalue weighted by Crippen LogP contribution is 2.37. The van der Waals surface area contributed by atoms with Crippen LogP contribution >= 0.6 is 27.5 Å². The molecule has 0 aliphatic rings. The molecule has 0 bridgehead atoms. The quantitative estimate of drug-likeness (QED) is 0.808. The van der Waals surface area contributed by atoms with Gasteiger partial charge in [-0.3, -0.25) is 0 Å². The summed E-state index contributed by atoms with van der Waals surface area (Å²) in [5.74, 6) is 0.829. The van der Waals surface area contributed by atoms with E-state index in [0.717, 1.165) is 0 Å². The van der Waals surface area contributed by atoms with Crippen molar-refractivity contribution in [2.75, 3.05) is 14.2 Å². The van der Waals surface area contributed by atoms with Crippen LogP contribution in [0.2, 0.25) is 5.02 Å². The van der Waals surface area contributed by atoms with E-state index in [1.165, 1.54) is 14.2 Å². The molecule has 0 atom stereocenters. The number of pyridine rings is 1. The Morgan fingerprint density at radius 3 is 2.58 bits per heavy atom. The minimum absolute atomic E-state index is 0.355. The van der Waals surface area contributed by atoms with Gasteiger partial charge in [-0.15, -0.1) is 0 Å². The molecular weight excluding hydrogens is 245 g/mol. The van der Waals surface area contributed by atoms with Crippen LogP contribution in [0.4, 0.5) is 0 Å². The number of nitrogens with zero attached hydrogens (tertiary/aromatic N) is 1. The molecule has 1 rings (SSSR count). The van der Waals surface area contributed by atoms with Crippen molar-refractivity contribution in [2.24, 2.45) is 0 Å². The Balaban J connectivity index is 3.25. The Morgan fingerprint density at radius 1 is 1.42 bits per heavy atom. The molecule has 5 heteroatoms. The van der Waals surface area contributed by atoms with Gasteiger partial charge in [-0.25, -0.2) is 4.98 Å². The molecule has 0 saturated carbocycles. The van der Waals surface area contributed by atoms with Crippen LogP contribution in [0.15, 0.2) is 4.47 Å². The van der Waals surface area contributed by atoms with E-state index in [1.54, 1.807) is 0 Å². The second kappa shape index (κ2) is 3.96. The smallest absolute Gasteiger partial charge is 0.258 e. The van der Waals surface area contributed by atoms with Gasteiger partial charge in [0.2, 0.25) is 0 Å². The molecule has 1 aromatic rings. The summed E-state index contributed by atoms with van der Waals surface area (Å²) in [6.07, 6.45) is 2.56. The van der Waals surface area contributed by atoms with Gasteiger partial charge in [-0.2, -0.15) is 0 Å². The molecule has 65 valence electrons. The number of rotatable bonds is 2. The van der Waals surface area contributed by atoms with E-state index >= 15 is 0 Å². The van der Waals surface area contributed by atoms with Crippen LogP contribution in [0, 0.1) is 6.20 Å². The Kier molecular flexibility index (Phi) is 3.17. The number of halogens is 2. The topological polar surface area (TPSA) is 31.4 Å². The number of hydrogen-bond acceptors (Lipinski definition) is 3. The molecule has 3 nitrogen and oxygen atoms in total. The summed E-state index contributed by atoms with van der Waals surface area (Å²) in [5, 5.41) is 0.368. The molecular formula is C7H6BrClNO2. The maximum atomic E-state index is 5.72. The fraction of sp³-hybridized carbons (Fsp3) is 0.286. The third-order valence-electron chi connectivity index (χ3n) is 1.24. The molecule has 0 unspecified atom stereocenters. The summed E-state index contributed by atoms with van der Waals surface area (Å²) in [6.45, 7) is 0. The van der Waals surface area contributed by atoms with Crippen molar-refractivity contribution in [3.8, 4) is 11.6 Å². The Morgan fingerprint density at radius 2 is 2.08 bits per heavy atom. The van der Waals surface area contributed by atoms with Crippen LogP contribution in [-0.2, 0) is 0 Å². The molecule has 0 aromatic carbocycles. The van der Waals surface area contributed by atoms with E-state index in [-0.39, 0.29) is 0 Å². The first-order valence-corrected chi connectivity index (χ1v) is 4.22. The SMILES string of the molecule is COc1n[c]c(Cl)c(Br)c1OC. The van der Waals surface area contributed by atoms with E-state index < -0.39 is 0 Å². The Bertz CT molecular complexity index is 293. The van der Waals surface area contributed by atoms with Gasteiger partial charge in [-0.05, 0) is 15.9 Å². The summed E-state index contributed by atoms with van der Waals surface area (Å²) >= 11 is 8.94. The zero-order chi connectivity index (χ0) is 9.14. The van der Waals surface area contributed by atoms with Crippen molar-refractivity contribution in [2.45, 2.75) is 0 Å². The van der Waals surface area contributed by atoms with Gasteiger partial charge in [0.1, 0.15) is 6.20 Å². The molecule has 0 aliphatic carbocycles. The van der Waals surface area contributed by atoms with Gasteiger partial charge >= 0.3 is 0 Å². The van der Waals surface area contributed by atoms with Crippen molar-refractivity contribution in [3.05, 3.63) is 15.7 Å². The largest absolute Gasteiger partial charge is 0.490 e. The summed E-state index contributed by atoms with van der Waals surface area (Å²) in [5.41, 5.74) is 0. The lowest BCUT2D eigenvalue weighted by atomic mass is 10.4. The highest BCUT2D eigenvalue weighted by atomic mass is 79.9. The predicted molar refractivity (Wildman–Crippen MR) is 48.9 cm³/mol. The van der Waals surface area contributed by atoms with Gasteiger partial charge in [0.15, 0.2) is 5.75 Å². The lowest BCUT2D eigenvalue weighted by Gasteiger charge is -2.07. The van der Waals surface area contributed by atoms with Crippen LogP contribution in [0.25, 0.3) is 0 Å². The molecule has 0 aliphatic heterocycles. The van der Waals surface area contributed by atoms with E-state index in [1.807, 2.05) is 0 Å². The van der Waals surface area contributed by atoms with Crippen LogP contribution in [-0.4, -0.2) is 19.2 Å². The summed E-state index contributed by atoms with van der Waals surface area (Å²) in [7, 11) is 3.01. The van der Waals surface area contributed by atoms with E-state index in [9.17, 15) is 0 Å². The average molecular weight is 251 g/mol. The second-order valence-corrected chi connectivity index (χ2v) is 3.07. The summed E-state index contributed by atoms with van der Waals surface area (Å²) in [6, 6.07) is 0. The molecule has 0 fully saturated rings. The molecule has 1 radical (unpaired) electrons. The third-order valence-corrected chi connectivity index (χ3v) is 2.50. The van der Waals surface area contributed by atoms with Gasteiger partial charge in [0.25, 0.3) is 5.88 Å². The fourth-order valence-electron chi connectivity index (χ4n) is 0.709. The molecule has 0 saturated heterocycles. The van der Waals surface area contributed by atoms with Crippen LogP contribution < -0.4 is 9.47 Å². The van der Waals surface area contributed by atoms with Crippen molar-refractivity contribution in [1.82, 2.24) is 4.98 Å². The maximum absolute atomic E-state index is 5.72. The van der Waals surface area contributed by atoms with Crippen molar-refractivity contribution in [1.29, 1.82) is 0 Å². The number of methoxy groups -OCH3 is 2. The first-order valence-electron chi connectivity index (χ1n) is 3.05. The van der Waals surface area contributed by atoms with E-state index in [2.05, 4.69) is 27.1 Å². The molecule has 0 amide bonds. The van der Waals surface area contributed by atoms with Gasteiger partial charge in [-0.1, -0.05) is 11.6 Å². The second-order valence-electron chi connectivity index (χ2n) is 1.89. The minimum Gasteiger partial charge on any atom is -0.490 e. The van der Waals surface area contributed by atoms with Gasteiger partial charge < -0.3 is 9.47 Å². The standard InChI is InChI=1S/C7H6BrClNO2/c1-11-6-5(8)4(9)3-10-7(6)12-2/h1-2H3. The first-order chi connectivity index (χ1) is 5.70. The minimum atomic E-state index is 0.355. The highest BCUT2D eigenvalue weighted by molar-refractivity contribution is 9.10. The Hall–Kier alpha value is -0.480. The molecule has 12 heavy (non-hydrogen) atoms. The van der Waals surface area contributed by atoms with Crippen LogP contribution in [0.3, 0.4) is 0 Å². The zero-order valence-electron chi connectivity index (χ0n) is 6.52. The number of aromatic nitrogens is 1. The van der Waals surface area contributed by atoms with E-state index in [4.69, 9.17) is 21.1 Å².